The van der Waals surface area contributed by atoms with Gasteiger partial charge >= 0.3 is 0 Å². The van der Waals surface area contributed by atoms with Gasteiger partial charge in [-0.05, 0) is 51.4 Å². The SMILES string of the molecule is O=C1C=C/C(=C(/c2ccccc2)c2ccc(OC[C@@H]3OC(CO)[C@H](O)[C@@H](O)C3O)c3ccccc23)c2ccccc21. The zero-order chi connectivity index (χ0) is 28.5. The van der Waals surface area contributed by atoms with Crippen LogP contribution < -0.4 is 4.74 Å². The lowest BCUT2D eigenvalue weighted by Gasteiger charge is -2.39. The molecule has 0 saturated carbocycles. The minimum absolute atomic E-state index is 0.0291. The van der Waals surface area contributed by atoms with E-state index >= 15 is 0 Å². The number of aliphatic hydroxyl groups is 4. The second kappa shape index (κ2) is 11.4. The lowest BCUT2D eigenvalue weighted by Crippen LogP contribution is -2.59. The van der Waals surface area contributed by atoms with Crippen LogP contribution in [0.25, 0.3) is 21.9 Å². The van der Waals surface area contributed by atoms with Crippen LogP contribution in [0.4, 0.5) is 0 Å². The van der Waals surface area contributed by atoms with Crippen LogP contribution in [-0.4, -0.2) is 69.9 Å². The Balaban J connectivity index is 1.44. The number of ketones is 1. The van der Waals surface area contributed by atoms with E-state index in [1.165, 1.54) is 0 Å². The molecule has 7 heteroatoms. The van der Waals surface area contributed by atoms with Crippen molar-refractivity contribution in [1.82, 2.24) is 0 Å². The van der Waals surface area contributed by atoms with E-state index in [1.54, 1.807) is 6.08 Å². The molecule has 7 nitrogen and oxygen atoms in total. The Labute approximate surface area is 237 Å². The van der Waals surface area contributed by atoms with Gasteiger partial charge in [0.05, 0.1) is 6.61 Å². The summed E-state index contributed by atoms with van der Waals surface area (Å²) in [5.41, 5.74) is 5.38. The highest BCUT2D eigenvalue weighted by atomic mass is 16.6. The zero-order valence-electron chi connectivity index (χ0n) is 22.1. The molecule has 0 radical (unpaired) electrons. The highest BCUT2D eigenvalue weighted by Gasteiger charge is 2.43. The summed E-state index contributed by atoms with van der Waals surface area (Å²) in [5, 5.41) is 42.0. The van der Waals surface area contributed by atoms with E-state index in [-0.39, 0.29) is 12.4 Å². The van der Waals surface area contributed by atoms with Crippen molar-refractivity contribution in [3.8, 4) is 5.75 Å². The lowest BCUT2D eigenvalue weighted by atomic mass is 9.82. The van der Waals surface area contributed by atoms with E-state index in [2.05, 4.69) is 0 Å². The molecular weight excluding hydrogens is 520 g/mol. The maximum atomic E-state index is 12.7. The highest BCUT2D eigenvalue weighted by molar-refractivity contribution is 6.18. The molecule has 4 aromatic carbocycles. The summed E-state index contributed by atoms with van der Waals surface area (Å²) < 4.78 is 11.8. The minimum Gasteiger partial charge on any atom is -0.490 e. The number of benzene rings is 4. The maximum Gasteiger partial charge on any atom is 0.186 e. The monoisotopic (exact) mass is 550 g/mol. The molecule has 5 atom stereocenters. The molecule has 0 amide bonds. The standard InChI is InChI=1S/C34H30O7/c35-18-29-32(37)34(39)33(38)30(41-29)19-40-28-17-15-26(22-11-5-7-13-24(22)28)31(20-8-2-1-3-9-20)25-14-16-27(36)23-12-6-4-10-21(23)25/h1-17,29-30,32-35,37-39H,18-19H2/b31-25+/t29?,30-,32-,33?,34+/m0/s1. The van der Waals surface area contributed by atoms with Gasteiger partial charge in [-0.2, -0.15) is 0 Å². The molecule has 1 aliphatic carbocycles. The van der Waals surface area contributed by atoms with E-state index in [4.69, 9.17) is 9.47 Å². The Morgan fingerprint density at radius 1 is 0.707 bits per heavy atom. The average Bonchev–Trinajstić information content (AvgIpc) is 3.02. The molecule has 1 heterocycles. The number of hydrogen-bond donors (Lipinski definition) is 4. The second-order valence-corrected chi connectivity index (χ2v) is 10.2. The zero-order valence-corrected chi connectivity index (χ0v) is 22.1. The van der Waals surface area contributed by atoms with Gasteiger partial charge in [0.25, 0.3) is 0 Å². The van der Waals surface area contributed by atoms with Gasteiger partial charge in [-0.15, -0.1) is 0 Å². The van der Waals surface area contributed by atoms with Crippen LogP contribution in [0.2, 0.25) is 0 Å². The topological polar surface area (TPSA) is 116 Å². The number of fused-ring (bicyclic) bond motifs is 2. The summed E-state index contributed by atoms with van der Waals surface area (Å²) in [4.78, 5) is 12.7. The fraction of sp³-hybridized carbons (Fsp3) is 0.206. The molecule has 2 aliphatic rings. The summed E-state index contributed by atoms with van der Waals surface area (Å²) in [6, 6.07) is 29.3. The van der Waals surface area contributed by atoms with Gasteiger partial charge in [0, 0.05) is 10.9 Å². The van der Waals surface area contributed by atoms with Gasteiger partial charge in [0.2, 0.25) is 0 Å². The summed E-state index contributed by atoms with van der Waals surface area (Å²) >= 11 is 0. The van der Waals surface area contributed by atoms with Gasteiger partial charge in [0.1, 0.15) is 42.9 Å². The van der Waals surface area contributed by atoms with Gasteiger partial charge in [0.15, 0.2) is 5.78 Å². The molecule has 4 aromatic rings. The third-order valence-corrected chi connectivity index (χ3v) is 7.76. The molecule has 0 bridgehead atoms. The highest BCUT2D eigenvalue weighted by Crippen LogP contribution is 2.41. The number of carbonyl (C=O) groups is 1. The van der Waals surface area contributed by atoms with Crippen LogP contribution in [0.5, 0.6) is 5.75 Å². The predicted octanol–water partition coefficient (Wildman–Crippen LogP) is 3.77. The molecule has 208 valence electrons. The van der Waals surface area contributed by atoms with Crippen molar-refractivity contribution in [3.63, 3.8) is 0 Å². The first-order valence-corrected chi connectivity index (χ1v) is 13.5. The van der Waals surface area contributed by atoms with Crippen molar-refractivity contribution in [3.05, 3.63) is 125 Å². The first kappa shape index (κ1) is 27.1. The number of hydrogen-bond acceptors (Lipinski definition) is 7. The number of rotatable bonds is 6. The van der Waals surface area contributed by atoms with Crippen LogP contribution in [-0.2, 0) is 4.74 Å². The summed E-state index contributed by atoms with van der Waals surface area (Å²) in [7, 11) is 0. The van der Waals surface area contributed by atoms with E-state index in [0.717, 1.165) is 38.6 Å². The van der Waals surface area contributed by atoms with E-state index in [9.17, 15) is 25.2 Å². The Morgan fingerprint density at radius 2 is 1.37 bits per heavy atom. The molecule has 1 saturated heterocycles. The Kier molecular flexibility index (Phi) is 7.53. The van der Waals surface area contributed by atoms with Gasteiger partial charge < -0.3 is 29.9 Å². The molecule has 4 N–H and O–H groups in total. The largest absolute Gasteiger partial charge is 0.490 e. The summed E-state index contributed by atoms with van der Waals surface area (Å²) in [5.74, 6) is 0.520. The van der Waals surface area contributed by atoms with Crippen molar-refractivity contribution in [2.45, 2.75) is 30.5 Å². The molecular formula is C34H30O7. The first-order chi connectivity index (χ1) is 20.0. The Morgan fingerprint density at radius 3 is 2.12 bits per heavy atom. The lowest BCUT2D eigenvalue weighted by molar-refractivity contribution is -0.234. The summed E-state index contributed by atoms with van der Waals surface area (Å²) in [6.07, 6.45) is -2.73. The van der Waals surface area contributed by atoms with E-state index < -0.39 is 37.1 Å². The summed E-state index contributed by atoms with van der Waals surface area (Å²) in [6.45, 7) is -0.602. The van der Waals surface area contributed by atoms with Gasteiger partial charge in [-0.3, -0.25) is 4.79 Å². The Hall–Kier alpha value is -4.11. The minimum atomic E-state index is -1.47. The molecule has 6 rings (SSSR count). The number of allylic oxidation sites excluding steroid dienone is 3. The van der Waals surface area contributed by atoms with Crippen LogP contribution in [0.1, 0.15) is 27.0 Å². The molecule has 0 spiro atoms. The van der Waals surface area contributed by atoms with Crippen LogP contribution in [0.3, 0.4) is 0 Å². The van der Waals surface area contributed by atoms with Crippen molar-refractivity contribution in [1.29, 1.82) is 0 Å². The van der Waals surface area contributed by atoms with Crippen molar-refractivity contribution in [2.75, 3.05) is 13.2 Å². The molecule has 2 unspecified atom stereocenters. The van der Waals surface area contributed by atoms with Crippen molar-refractivity contribution < 1.29 is 34.7 Å². The van der Waals surface area contributed by atoms with E-state index in [1.807, 2.05) is 97.1 Å². The maximum absolute atomic E-state index is 12.7. The fourth-order valence-corrected chi connectivity index (χ4v) is 5.65. The van der Waals surface area contributed by atoms with Gasteiger partial charge in [-0.25, -0.2) is 0 Å². The molecule has 0 aromatic heterocycles. The third-order valence-electron chi connectivity index (χ3n) is 7.76. The average molecular weight is 551 g/mol. The molecule has 41 heavy (non-hydrogen) atoms. The first-order valence-electron chi connectivity index (χ1n) is 13.5. The smallest absolute Gasteiger partial charge is 0.186 e. The van der Waals surface area contributed by atoms with Crippen LogP contribution >= 0.6 is 0 Å². The number of ether oxygens (including phenoxy) is 2. The van der Waals surface area contributed by atoms with Crippen LogP contribution in [0, 0.1) is 0 Å². The van der Waals surface area contributed by atoms with Gasteiger partial charge in [-0.1, -0.05) is 84.9 Å². The molecule has 1 aliphatic heterocycles. The van der Waals surface area contributed by atoms with E-state index in [0.29, 0.717) is 11.3 Å². The van der Waals surface area contributed by atoms with Crippen molar-refractivity contribution >= 4 is 27.7 Å². The third kappa shape index (κ3) is 4.99. The predicted molar refractivity (Wildman–Crippen MR) is 155 cm³/mol. The fourth-order valence-electron chi connectivity index (χ4n) is 5.65. The normalized spacial score (nSPS) is 25.2. The van der Waals surface area contributed by atoms with Crippen LogP contribution in [0.15, 0.2) is 103 Å². The molecule has 1 fully saturated rings. The number of aliphatic hydroxyl groups excluding tert-OH is 4. The van der Waals surface area contributed by atoms with Crippen molar-refractivity contribution in [2.24, 2.45) is 0 Å². The second-order valence-electron chi connectivity index (χ2n) is 10.2. The number of carbonyl (C=O) groups excluding carboxylic acids is 1. The quantitative estimate of drug-likeness (QED) is 0.289. The Bertz CT molecular complexity index is 1640.